The van der Waals surface area contributed by atoms with Crippen LogP contribution in [0, 0.1) is 12.8 Å². The van der Waals surface area contributed by atoms with Crippen LogP contribution in [-0.2, 0) is 4.79 Å². The van der Waals surface area contributed by atoms with Crippen LogP contribution < -0.4 is 10.2 Å². The standard InChI is InChI=1S/C20H30N6O/c1-15-22-23-18-11-12-19(24-26(15)18)25-13-7-8-16(14-25)20(27)21-17-9-5-3-2-4-6-10-17/h11-12,16-17H,2-10,13-14H2,1H3,(H,21,27)/t16-/m1/s1. The Balaban J connectivity index is 1.40. The molecule has 1 N–H and O–H groups in total. The molecular formula is C20H30N6O. The van der Waals surface area contributed by atoms with E-state index < -0.39 is 0 Å². The maximum Gasteiger partial charge on any atom is 0.225 e. The molecule has 1 aliphatic carbocycles. The van der Waals surface area contributed by atoms with Gasteiger partial charge in [0.15, 0.2) is 11.5 Å². The molecule has 1 aliphatic heterocycles. The molecule has 1 saturated carbocycles. The van der Waals surface area contributed by atoms with Gasteiger partial charge in [-0.25, -0.2) is 0 Å². The zero-order valence-electron chi connectivity index (χ0n) is 16.2. The topological polar surface area (TPSA) is 75.4 Å². The average Bonchev–Trinajstić information content (AvgIpc) is 3.04. The van der Waals surface area contributed by atoms with Crippen molar-refractivity contribution in [2.75, 3.05) is 18.0 Å². The number of nitrogens with one attached hydrogen (secondary N) is 1. The number of fused-ring (bicyclic) bond motifs is 1. The molecular weight excluding hydrogens is 340 g/mol. The summed E-state index contributed by atoms with van der Waals surface area (Å²) < 4.78 is 1.77. The molecule has 0 spiro atoms. The first-order chi connectivity index (χ1) is 13.2. The van der Waals surface area contributed by atoms with Crippen molar-refractivity contribution >= 4 is 17.4 Å². The van der Waals surface area contributed by atoms with Crippen LogP contribution in [-0.4, -0.2) is 44.8 Å². The summed E-state index contributed by atoms with van der Waals surface area (Å²) >= 11 is 0. The van der Waals surface area contributed by atoms with E-state index in [2.05, 4.69) is 25.5 Å². The first kappa shape index (κ1) is 18.2. The smallest absolute Gasteiger partial charge is 0.225 e. The van der Waals surface area contributed by atoms with Gasteiger partial charge in [0.2, 0.25) is 5.91 Å². The van der Waals surface area contributed by atoms with Crippen molar-refractivity contribution in [1.29, 1.82) is 0 Å². The lowest BCUT2D eigenvalue weighted by molar-refractivity contribution is -0.126. The number of hydrogen-bond donors (Lipinski definition) is 1. The highest BCUT2D eigenvalue weighted by Gasteiger charge is 2.28. The molecule has 0 aromatic carbocycles. The van der Waals surface area contributed by atoms with Crippen LogP contribution in [0.3, 0.4) is 0 Å². The number of amides is 1. The Morgan fingerprint density at radius 3 is 2.63 bits per heavy atom. The van der Waals surface area contributed by atoms with Gasteiger partial charge in [-0.05, 0) is 44.7 Å². The number of aryl methyl sites for hydroxylation is 1. The number of carbonyl (C=O) groups is 1. The van der Waals surface area contributed by atoms with E-state index >= 15 is 0 Å². The molecule has 1 saturated heterocycles. The second-order valence-corrected chi connectivity index (χ2v) is 8.04. The summed E-state index contributed by atoms with van der Waals surface area (Å²) in [5.74, 6) is 1.95. The lowest BCUT2D eigenvalue weighted by atomic mass is 9.94. The fraction of sp³-hybridized carbons (Fsp3) is 0.700. The summed E-state index contributed by atoms with van der Waals surface area (Å²) in [5.41, 5.74) is 0.756. The van der Waals surface area contributed by atoms with Gasteiger partial charge >= 0.3 is 0 Å². The van der Waals surface area contributed by atoms with E-state index in [1.807, 2.05) is 19.1 Å². The Bertz CT molecular complexity index is 780. The van der Waals surface area contributed by atoms with Crippen LogP contribution in [0.2, 0.25) is 0 Å². The predicted octanol–water partition coefficient (Wildman–Crippen LogP) is 2.88. The summed E-state index contributed by atoms with van der Waals surface area (Å²) in [6, 6.07) is 4.29. The van der Waals surface area contributed by atoms with Crippen LogP contribution in [0.4, 0.5) is 5.82 Å². The molecule has 0 radical (unpaired) electrons. The van der Waals surface area contributed by atoms with Gasteiger partial charge in [-0.15, -0.1) is 15.3 Å². The van der Waals surface area contributed by atoms with E-state index in [1.54, 1.807) is 4.52 Å². The van der Waals surface area contributed by atoms with E-state index in [0.29, 0.717) is 6.04 Å². The SMILES string of the molecule is Cc1nnc2ccc(N3CCC[C@@H](C(=O)NC4CCCCCCC4)C3)nn12. The summed E-state index contributed by atoms with van der Waals surface area (Å²) in [4.78, 5) is 15.1. The molecule has 0 bridgehead atoms. The molecule has 4 rings (SSSR count). The Morgan fingerprint density at radius 2 is 1.81 bits per heavy atom. The monoisotopic (exact) mass is 370 g/mol. The Hall–Kier alpha value is -2.18. The number of aromatic nitrogens is 4. The maximum absolute atomic E-state index is 12.9. The average molecular weight is 371 g/mol. The van der Waals surface area contributed by atoms with Gasteiger partial charge in [-0.2, -0.15) is 4.52 Å². The molecule has 2 aromatic heterocycles. The highest BCUT2D eigenvalue weighted by atomic mass is 16.2. The number of rotatable bonds is 3. The Labute approximate surface area is 160 Å². The van der Waals surface area contributed by atoms with E-state index in [1.165, 1.54) is 32.1 Å². The van der Waals surface area contributed by atoms with E-state index in [0.717, 1.165) is 56.1 Å². The van der Waals surface area contributed by atoms with Gasteiger partial charge in [-0.1, -0.05) is 32.1 Å². The fourth-order valence-corrected chi connectivity index (χ4v) is 4.37. The lowest BCUT2D eigenvalue weighted by Gasteiger charge is -2.33. The fourth-order valence-electron chi connectivity index (χ4n) is 4.37. The number of nitrogens with zero attached hydrogens (tertiary/aromatic N) is 5. The number of hydrogen-bond acceptors (Lipinski definition) is 5. The van der Waals surface area contributed by atoms with Crippen molar-refractivity contribution in [3.8, 4) is 0 Å². The Morgan fingerprint density at radius 1 is 1.04 bits per heavy atom. The van der Waals surface area contributed by atoms with Gasteiger partial charge in [0, 0.05) is 19.1 Å². The maximum atomic E-state index is 12.9. The van der Waals surface area contributed by atoms with Gasteiger partial charge in [-0.3, -0.25) is 4.79 Å². The minimum Gasteiger partial charge on any atom is -0.354 e. The van der Waals surface area contributed by atoms with Gasteiger partial charge in [0.05, 0.1) is 5.92 Å². The third kappa shape index (κ3) is 4.22. The minimum atomic E-state index is 0.0451. The molecule has 27 heavy (non-hydrogen) atoms. The number of carbonyl (C=O) groups excluding carboxylic acids is 1. The minimum absolute atomic E-state index is 0.0451. The zero-order chi connectivity index (χ0) is 18.6. The molecule has 2 aliphatic rings. The van der Waals surface area contributed by atoms with Crippen LogP contribution >= 0.6 is 0 Å². The van der Waals surface area contributed by atoms with Crippen molar-refractivity contribution in [2.24, 2.45) is 5.92 Å². The molecule has 7 heteroatoms. The van der Waals surface area contributed by atoms with Gasteiger partial charge in [0.25, 0.3) is 0 Å². The highest BCUT2D eigenvalue weighted by molar-refractivity contribution is 5.79. The molecule has 0 unspecified atom stereocenters. The zero-order valence-corrected chi connectivity index (χ0v) is 16.2. The van der Waals surface area contributed by atoms with Crippen molar-refractivity contribution in [3.63, 3.8) is 0 Å². The predicted molar refractivity (Wildman–Crippen MR) is 105 cm³/mol. The quantitative estimate of drug-likeness (QED) is 0.899. The van der Waals surface area contributed by atoms with Gasteiger partial charge < -0.3 is 10.2 Å². The summed E-state index contributed by atoms with van der Waals surface area (Å²) in [7, 11) is 0. The molecule has 3 heterocycles. The summed E-state index contributed by atoms with van der Waals surface area (Å²) in [6.45, 7) is 3.57. The lowest BCUT2D eigenvalue weighted by Crippen LogP contribution is -2.46. The highest BCUT2D eigenvalue weighted by Crippen LogP contribution is 2.23. The van der Waals surface area contributed by atoms with Crippen molar-refractivity contribution < 1.29 is 4.79 Å². The summed E-state index contributed by atoms with van der Waals surface area (Å²) in [5, 5.41) is 16.2. The van der Waals surface area contributed by atoms with E-state index in [9.17, 15) is 4.79 Å². The van der Waals surface area contributed by atoms with Crippen molar-refractivity contribution in [2.45, 2.75) is 70.8 Å². The first-order valence-corrected chi connectivity index (χ1v) is 10.4. The normalized spacial score (nSPS) is 22.4. The molecule has 2 fully saturated rings. The van der Waals surface area contributed by atoms with Crippen LogP contribution in [0.15, 0.2) is 12.1 Å². The van der Waals surface area contributed by atoms with Crippen LogP contribution in [0.5, 0.6) is 0 Å². The molecule has 1 atom stereocenters. The second-order valence-electron chi connectivity index (χ2n) is 8.04. The van der Waals surface area contributed by atoms with Crippen molar-refractivity contribution in [1.82, 2.24) is 25.1 Å². The molecule has 146 valence electrons. The van der Waals surface area contributed by atoms with E-state index in [4.69, 9.17) is 0 Å². The first-order valence-electron chi connectivity index (χ1n) is 10.4. The second kappa shape index (κ2) is 8.23. The molecule has 1 amide bonds. The third-order valence-electron chi connectivity index (χ3n) is 5.97. The Kier molecular flexibility index (Phi) is 5.55. The van der Waals surface area contributed by atoms with Gasteiger partial charge in [0.1, 0.15) is 5.82 Å². The molecule has 7 nitrogen and oxygen atoms in total. The van der Waals surface area contributed by atoms with Crippen LogP contribution in [0.25, 0.3) is 5.65 Å². The largest absolute Gasteiger partial charge is 0.354 e. The summed E-state index contributed by atoms with van der Waals surface area (Å²) in [6.07, 6.45) is 10.7. The third-order valence-corrected chi connectivity index (χ3v) is 5.97. The van der Waals surface area contributed by atoms with Crippen LogP contribution in [0.1, 0.15) is 63.6 Å². The van der Waals surface area contributed by atoms with Crippen molar-refractivity contribution in [3.05, 3.63) is 18.0 Å². The number of anilines is 1. The number of piperidine rings is 1. The van der Waals surface area contributed by atoms with E-state index in [-0.39, 0.29) is 11.8 Å². The molecule has 2 aromatic rings.